The van der Waals surface area contributed by atoms with Crippen molar-refractivity contribution < 1.29 is 32.4 Å². The average Bonchev–Trinajstić information content (AvgIpc) is 2.72. The van der Waals surface area contributed by atoms with Crippen LogP contribution < -0.4 is 15.0 Å². The van der Waals surface area contributed by atoms with E-state index in [0.29, 0.717) is 30.7 Å². The van der Waals surface area contributed by atoms with E-state index in [1.807, 2.05) is 13.8 Å². The number of nitrogens with zero attached hydrogens (tertiary/aromatic N) is 2. The second kappa shape index (κ2) is 7.12. The molecule has 11 heteroatoms. The highest BCUT2D eigenvalue weighted by atomic mass is 19.4. The summed E-state index contributed by atoms with van der Waals surface area (Å²) in [6, 6.07) is 2.82. The number of alkyl halides is 3. The molecule has 2 heterocycles. The predicted octanol–water partition coefficient (Wildman–Crippen LogP) is 2.54. The van der Waals surface area contributed by atoms with Gasteiger partial charge in [0.1, 0.15) is 17.0 Å². The molecule has 1 unspecified atom stereocenters. The molecule has 154 valence electrons. The zero-order chi connectivity index (χ0) is 20.7. The van der Waals surface area contributed by atoms with E-state index >= 15 is 0 Å². The van der Waals surface area contributed by atoms with E-state index in [-0.39, 0.29) is 24.5 Å². The summed E-state index contributed by atoms with van der Waals surface area (Å²) in [7, 11) is 0. The number of nitro benzene ring substituents is 1. The molecule has 2 aliphatic rings. The molecule has 1 saturated heterocycles. The monoisotopic (exact) mass is 403 g/mol. The molecular formula is C17H20F3N3O5. The van der Waals surface area contributed by atoms with Crippen molar-refractivity contribution in [2.75, 3.05) is 24.5 Å². The molecule has 2 aliphatic heterocycles. The van der Waals surface area contributed by atoms with Crippen molar-refractivity contribution in [2.45, 2.75) is 44.7 Å². The fourth-order valence-electron chi connectivity index (χ4n) is 3.43. The maximum absolute atomic E-state index is 12.7. The number of rotatable bonds is 3. The Balaban J connectivity index is 2.01. The molecular weight excluding hydrogens is 383 g/mol. The molecule has 0 bridgehead atoms. The molecule has 1 aromatic rings. The van der Waals surface area contributed by atoms with E-state index in [1.54, 1.807) is 0 Å². The number of hydrogen-bond donors (Lipinski definition) is 1. The average molecular weight is 403 g/mol. The summed E-state index contributed by atoms with van der Waals surface area (Å²) in [5.41, 5.74) is -0.102. The minimum Gasteiger partial charge on any atom is -0.487 e. The van der Waals surface area contributed by atoms with E-state index in [1.165, 1.54) is 17.0 Å². The van der Waals surface area contributed by atoms with E-state index in [0.717, 1.165) is 0 Å². The van der Waals surface area contributed by atoms with Crippen molar-refractivity contribution in [2.24, 2.45) is 0 Å². The van der Waals surface area contributed by atoms with Gasteiger partial charge < -0.3 is 19.7 Å². The number of nitrogens with one attached hydrogen (secondary N) is 1. The highest BCUT2D eigenvalue weighted by Crippen LogP contribution is 2.43. The van der Waals surface area contributed by atoms with E-state index in [4.69, 9.17) is 4.74 Å². The summed E-state index contributed by atoms with van der Waals surface area (Å²) in [5, 5.41) is 14.5. The van der Waals surface area contributed by atoms with Crippen molar-refractivity contribution in [1.82, 2.24) is 5.32 Å². The molecule has 1 fully saturated rings. The van der Waals surface area contributed by atoms with Crippen LogP contribution in [0.2, 0.25) is 0 Å². The Hall–Kier alpha value is -2.56. The number of carbonyl (C=O) groups is 1. The van der Waals surface area contributed by atoms with Crippen LogP contribution in [0, 0.1) is 10.1 Å². The first-order chi connectivity index (χ1) is 13.0. The highest BCUT2D eigenvalue weighted by Gasteiger charge is 2.44. The van der Waals surface area contributed by atoms with Gasteiger partial charge in [0.25, 0.3) is 5.69 Å². The third-order valence-electron chi connectivity index (χ3n) is 4.56. The van der Waals surface area contributed by atoms with Gasteiger partial charge in [-0.3, -0.25) is 10.1 Å². The van der Waals surface area contributed by atoms with Gasteiger partial charge >= 0.3 is 12.1 Å². The predicted molar refractivity (Wildman–Crippen MR) is 92.3 cm³/mol. The van der Waals surface area contributed by atoms with Crippen LogP contribution in [-0.4, -0.2) is 48.5 Å². The number of halogens is 3. The van der Waals surface area contributed by atoms with Gasteiger partial charge in [0.05, 0.1) is 11.5 Å². The van der Waals surface area contributed by atoms with Crippen LogP contribution in [0.4, 0.5) is 24.5 Å². The molecule has 1 aromatic carbocycles. The first-order valence-corrected chi connectivity index (χ1v) is 8.73. The first-order valence-electron chi connectivity index (χ1n) is 8.73. The summed E-state index contributed by atoms with van der Waals surface area (Å²) in [5.74, 6) is -1.91. The number of esters is 1. The smallest absolute Gasteiger partial charge is 0.487 e. The number of hydrogen-bond acceptors (Lipinski definition) is 7. The quantitative estimate of drug-likeness (QED) is 0.471. The van der Waals surface area contributed by atoms with E-state index < -0.39 is 28.9 Å². The lowest BCUT2D eigenvalue weighted by molar-refractivity contribution is -0.384. The molecule has 28 heavy (non-hydrogen) atoms. The zero-order valence-electron chi connectivity index (χ0n) is 15.3. The van der Waals surface area contributed by atoms with Crippen molar-refractivity contribution in [3.05, 3.63) is 27.8 Å². The fraction of sp³-hybridized carbons (Fsp3) is 0.588. The van der Waals surface area contributed by atoms with Crippen molar-refractivity contribution in [3.8, 4) is 5.75 Å². The Bertz CT molecular complexity index is 797. The van der Waals surface area contributed by atoms with Crippen LogP contribution in [0.5, 0.6) is 5.75 Å². The Kier molecular flexibility index (Phi) is 5.13. The molecule has 3 rings (SSSR count). The molecule has 0 radical (unpaired) electrons. The van der Waals surface area contributed by atoms with Gasteiger partial charge in [-0.15, -0.1) is 0 Å². The van der Waals surface area contributed by atoms with Crippen LogP contribution >= 0.6 is 0 Å². The molecule has 0 aliphatic carbocycles. The number of benzene rings is 1. The fourth-order valence-corrected chi connectivity index (χ4v) is 3.43. The SMILES string of the molecule is CC1(C)Cc2cc([N+](=O)[O-])c(N3CCCNCC3OC(=O)C(F)(F)F)cc2O1. The van der Waals surface area contributed by atoms with Crippen molar-refractivity contribution in [3.63, 3.8) is 0 Å². The first kappa shape index (κ1) is 20.2. The normalized spacial score (nSPS) is 21.5. The third-order valence-corrected chi connectivity index (χ3v) is 4.56. The second-order valence-electron chi connectivity index (χ2n) is 7.35. The van der Waals surface area contributed by atoms with Gasteiger partial charge in [-0.05, 0) is 26.8 Å². The lowest BCUT2D eigenvalue weighted by Crippen LogP contribution is -2.45. The Morgan fingerprint density at radius 2 is 2.14 bits per heavy atom. The van der Waals surface area contributed by atoms with Gasteiger partial charge in [-0.2, -0.15) is 13.2 Å². The molecule has 0 spiro atoms. The number of nitro groups is 1. The highest BCUT2D eigenvalue weighted by molar-refractivity contribution is 5.76. The summed E-state index contributed by atoms with van der Waals surface area (Å²) in [6.07, 6.45) is -5.53. The van der Waals surface area contributed by atoms with E-state index in [9.17, 15) is 28.1 Å². The molecule has 1 atom stereocenters. The standard InChI is InChI=1S/C17H20F3N3O5/c1-16(2)8-10-6-12(23(25)26)11(7-13(10)28-16)22-5-3-4-21-9-14(22)27-15(24)17(18,19)20/h6-7,14,21H,3-5,8-9H2,1-2H3. The van der Waals surface area contributed by atoms with Gasteiger partial charge in [-0.1, -0.05) is 0 Å². The maximum atomic E-state index is 12.7. The minimum absolute atomic E-state index is 0.0603. The van der Waals surface area contributed by atoms with Gasteiger partial charge in [0.15, 0.2) is 6.23 Å². The Labute approximate surface area is 158 Å². The summed E-state index contributed by atoms with van der Waals surface area (Å²) in [4.78, 5) is 23.7. The summed E-state index contributed by atoms with van der Waals surface area (Å²) < 4.78 is 48.4. The topological polar surface area (TPSA) is 93.9 Å². The van der Waals surface area contributed by atoms with Crippen LogP contribution in [0.3, 0.4) is 0 Å². The van der Waals surface area contributed by atoms with Gasteiger partial charge in [0.2, 0.25) is 0 Å². The van der Waals surface area contributed by atoms with Crippen LogP contribution in [0.15, 0.2) is 12.1 Å². The maximum Gasteiger partial charge on any atom is 0.491 e. The molecule has 0 amide bonds. The van der Waals surface area contributed by atoms with Crippen LogP contribution in [0.25, 0.3) is 0 Å². The third kappa shape index (κ3) is 4.13. The number of carbonyl (C=O) groups excluding carboxylic acids is 1. The van der Waals surface area contributed by atoms with Crippen molar-refractivity contribution >= 4 is 17.3 Å². The Morgan fingerprint density at radius 3 is 2.79 bits per heavy atom. The largest absolute Gasteiger partial charge is 0.491 e. The van der Waals surface area contributed by atoms with Gasteiger partial charge in [-0.25, -0.2) is 4.79 Å². The molecule has 8 nitrogen and oxygen atoms in total. The lowest BCUT2D eigenvalue weighted by atomic mass is 10.0. The number of ether oxygens (including phenoxy) is 2. The number of fused-ring (bicyclic) bond motifs is 1. The van der Waals surface area contributed by atoms with E-state index in [2.05, 4.69) is 10.1 Å². The van der Waals surface area contributed by atoms with Crippen LogP contribution in [-0.2, 0) is 16.0 Å². The van der Waals surface area contributed by atoms with Gasteiger partial charge in [0, 0.05) is 30.7 Å². The second-order valence-corrected chi connectivity index (χ2v) is 7.35. The molecule has 0 aromatic heterocycles. The molecule has 1 N–H and O–H groups in total. The number of anilines is 1. The zero-order valence-corrected chi connectivity index (χ0v) is 15.3. The van der Waals surface area contributed by atoms with Crippen molar-refractivity contribution in [1.29, 1.82) is 0 Å². The summed E-state index contributed by atoms with van der Waals surface area (Å²) in [6.45, 7) is 4.22. The van der Waals surface area contributed by atoms with Crippen LogP contribution in [0.1, 0.15) is 25.8 Å². The minimum atomic E-state index is -5.16. The summed E-state index contributed by atoms with van der Waals surface area (Å²) >= 11 is 0. The Morgan fingerprint density at radius 1 is 1.43 bits per heavy atom. The lowest BCUT2D eigenvalue weighted by Gasteiger charge is -2.31. The molecule has 0 saturated carbocycles.